The van der Waals surface area contributed by atoms with E-state index in [0.29, 0.717) is 12.0 Å². The quantitative estimate of drug-likeness (QED) is 0.431. The Bertz CT molecular complexity index is 631. The van der Waals surface area contributed by atoms with Crippen molar-refractivity contribution in [1.82, 2.24) is 0 Å². The Morgan fingerprint density at radius 2 is 1.74 bits per heavy atom. The van der Waals surface area contributed by atoms with Gasteiger partial charge < -0.3 is 0 Å². The molecule has 6 nitrogen and oxygen atoms in total. The molecule has 0 unspecified atom stereocenters. The van der Waals surface area contributed by atoms with Gasteiger partial charge in [0.25, 0.3) is 10.1 Å². The Morgan fingerprint density at radius 1 is 1.22 bits per heavy atom. The van der Waals surface area contributed by atoms with E-state index >= 15 is 0 Å². The highest BCUT2D eigenvalue weighted by Gasteiger charge is 2.37. The summed E-state index contributed by atoms with van der Waals surface area (Å²) in [4.78, 5) is 10.4. The van der Waals surface area contributed by atoms with Crippen LogP contribution in [0.4, 0.5) is 0 Å². The van der Waals surface area contributed by atoms with Gasteiger partial charge in [0.2, 0.25) is 6.54 Å². The number of nitro groups is 1. The van der Waals surface area contributed by atoms with E-state index in [4.69, 9.17) is 0 Å². The molecule has 0 aliphatic carbocycles. The van der Waals surface area contributed by atoms with Crippen LogP contribution >= 0.6 is 0 Å². The predicted molar refractivity (Wildman–Crippen MR) is 89.5 cm³/mol. The Balaban J connectivity index is 3.32. The third-order valence-electron chi connectivity index (χ3n) is 3.98. The lowest BCUT2D eigenvalue weighted by Crippen LogP contribution is -2.28. The van der Waals surface area contributed by atoms with Crippen LogP contribution in [0.2, 0.25) is 0 Å². The maximum absolute atomic E-state index is 12.3. The standard InChI is InChI=1S/C16H25NO5S/c1-6-12(11-17(18)19)15(23(20,21)22-5)13-7-9-14(10-8-13)16(2,3)4/h7-10,12,15H,6,11H2,1-5H3/t12-,15-/m1/s1. The van der Waals surface area contributed by atoms with Crippen molar-refractivity contribution in [2.45, 2.75) is 44.8 Å². The van der Waals surface area contributed by atoms with Gasteiger partial charge >= 0.3 is 0 Å². The van der Waals surface area contributed by atoms with Gasteiger partial charge in [0.15, 0.2) is 0 Å². The molecule has 0 amide bonds. The number of hydrogen-bond donors (Lipinski definition) is 0. The molecule has 1 aromatic carbocycles. The van der Waals surface area contributed by atoms with Crippen molar-refractivity contribution in [1.29, 1.82) is 0 Å². The zero-order valence-electron chi connectivity index (χ0n) is 14.3. The Hall–Kier alpha value is -1.47. The summed E-state index contributed by atoms with van der Waals surface area (Å²) in [6.45, 7) is 7.52. The van der Waals surface area contributed by atoms with Crippen molar-refractivity contribution in [2.75, 3.05) is 13.7 Å². The summed E-state index contributed by atoms with van der Waals surface area (Å²) in [5, 5.41) is 9.83. The van der Waals surface area contributed by atoms with Crippen molar-refractivity contribution < 1.29 is 17.5 Å². The zero-order chi connectivity index (χ0) is 17.8. The van der Waals surface area contributed by atoms with Crippen molar-refractivity contribution >= 4 is 10.1 Å². The zero-order valence-corrected chi connectivity index (χ0v) is 15.1. The fourth-order valence-electron chi connectivity index (χ4n) is 2.58. The van der Waals surface area contributed by atoms with Crippen LogP contribution < -0.4 is 0 Å². The highest BCUT2D eigenvalue weighted by atomic mass is 32.2. The van der Waals surface area contributed by atoms with Crippen LogP contribution in [0, 0.1) is 16.0 Å². The van der Waals surface area contributed by atoms with Crippen LogP contribution in [0.25, 0.3) is 0 Å². The van der Waals surface area contributed by atoms with Crippen LogP contribution in [0.15, 0.2) is 24.3 Å². The molecule has 0 radical (unpaired) electrons. The van der Waals surface area contributed by atoms with Crippen LogP contribution in [0.1, 0.15) is 50.5 Å². The first-order valence-corrected chi connectivity index (χ1v) is 9.01. The molecule has 0 saturated heterocycles. The molecule has 7 heteroatoms. The van der Waals surface area contributed by atoms with Gasteiger partial charge in [-0.05, 0) is 23.0 Å². The molecule has 1 aromatic rings. The summed E-state index contributed by atoms with van der Waals surface area (Å²) < 4.78 is 29.3. The monoisotopic (exact) mass is 343 g/mol. The van der Waals surface area contributed by atoms with Crippen LogP contribution in [0.3, 0.4) is 0 Å². The molecule has 0 saturated carbocycles. The second-order valence-corrected chi connectivity index (χ2v) is 8.46. The topological polar surface area (TPSA) is 86.5 Å². The van der Waals surface area contributed by atoms with Gasteiger partial charge in [0, 0.05) is 10.8 Å². The second kappa shape index (κ2) is 7.40. The molecule has 0 bridgehead atoms. The van der Waals surface area contributed by atoms with Gasteiger partial charge in [0.1, 0.15) is 5.25 Å². The molecule has 0 heterocycles. The normalized spacial score (nSPS) is 15.2. The van der Waals surface area contributed by atoms with Gasteiger partial charge in [-0.2, -0.15) is 8.42 Å². The summed E-state index contributed by atoms with van der Waals surface area (Å²) in [7, 11) is -2.84. The Morgan fingerprint density at radius 3 is 2.09 bits per heavy atom. The number of nitrogens with zero attached hydrogens (tertiary/aromatic N) is 1. The molecule has 23 heavy (non-hydrogen) atoms. The first-order valence-electron chi connectivity index (χ1n) is 7.54. The molecule has 2 atom stereocenters. The molecule has 0 aliphatic rings. The van der Waals surface area contributed by atoms with Gasteiger partial charge in [-0.15, -0.1) is 0 Å². The number of rotatable bonds is 7. The van der Waals surface area contributed by atoms with Crippen molar-refractivity contribution in [2.24, 2.45) is 5.92 Å². The maximum atomic E-state index is 12.3. The lowest BCUT2D eigenvalue weighted by Gasteiger charge is -2.24. The van der Waals surface area contributed by atoms with E-state index in [1.54, 1.807) is 19.1 Å². The molecule has 0 N–H and O–H groups in total. The van der Waals surface area contributed by atoms with Gasteiger partial charge in [-0.1, -0.05) is 52.0 Å². The maximum Gasteiger partial charge on any atom is 0.274 e. The van der Waals surface area contributed by atoms with E-state index in [1.807, 2.05) is 12.1 Å². The summed E-state index contributed by atoms with van der Waals surface area (Å²) in [6, 6.07) is 7.19. The third-order valence-corrected chi connectivity index (χ3v) is 5.73. The minimum absolute atomic E-state index is 0.0564. The SMILES string of the molecule is CC[C@H](C[N+](=O)[O-])[C@H](c1ccc(C(C)(C)C)cc1)S(=O)(=O)OC. The van der Waals surface area contributed by atoms with Crippen LogP contribution in [-0.2, 0) is 19.7 Å². The lowest BCUT2D eigenvalue weighted by molar-refractivity contribution is -0.488. The number of benzene rings is 1. The number of hydrogen-bond acceptors (Lipinski definition) is 5. The van der Waals surface area contributed by atoms with Gasteiger partial charge in [0.05, 0.1) is 7.11 Å². The first kappa shape index (κ1) is 19.6. The van der Waals surface area contributed by atoms with Crippen molar-refractivity contribution in [3.8, 4) is 0 Å². The van der Waals surface area contributed by atoms with E-state index in [-0.39, 0.29) is 5.41 Å². The Kier molecular flexibility index (Phi) is 6.30. The van der Waals surface area contributed by atoms with E-state index in [1.165, 1.54) is 0 Å². The van der Waals surface area contributed by atoms with E-state index in [2.05, 4.69) is 25.0 Å². The predicted octanol–water partition coefficient (Wildman–Crippen LogP) is 3.30. The first-order chi connectivity index (χ1) is 10.5. The molecular formula is C16H25NO5S. The lowest BCUT2D eigenvalue weighted by atomic mass is 9.86. The molecule has 130 valence electrons. The summed E-state index contributed by atoms with van der Waals surface area (Å²) in [6.07, 6.45) is 0.370. The highest BCUT2D eigenvalue weighted by molar-refractivity contribution is 7.87. The molecule has 1 rings (SSSR count). The Labute approximate surface area is 138 Å². The highest BCUT2D eigenvalue weighted by Crippen LogP contribution is 2.35. The van der Waals surface area contributed by atoms with Gasteiger partial charge in [-0.25, -0.2) is 0 Å². The minimum Gasteiger partial charge on any atom is -0.273 e. The van der Waals surface area contributed by atoms with Crippen LogP contribution in [0.5, 0.6) is 0 Å². The largest absolute Gasteiger partial charge is 0.274 e. The van der Waals surface area contributed by atoms with Crippen LogP contribution in [-0.4, -0.2) is 27.0 Å². The average Bonchev–Trinajstić information content (AvgIpc) is 2.45. The summed E-state index contributed by atoms with van der Waals surface area (Å²) >= 11 is 0. The summed E-state index contributed by atoms with van der Waals surface area (Å²) in [5.41, 5.74) is 1.53. The minimum atomic E-state index is -3.92. The fraction of sp³-hybridized carbons (Fsp3) is 0.625. The third kappa shape index (κ3) is 5.00. The average molecular weight is 343 g/mol. The molecule has 0 fully saturated rings. The van der Waals surface area contributed by atoms with E-state index in [0.717, 1.165) is 12.7 Å². The second-order valence-electron chi connectivity index (χ2n) is 6.64. The van der Waals surface area contributed by atoms with E-state index < -0.39 is 32.8 Å². The van der Waals surface area contributed by atoms with Gasteiger partial charge in [-0.3, -0.25) is 14.3 Å². The van der Waals surface area contributed by atoms with E-state index in [9.17, 15) is 18.5 Å². The smallest absolute Gasteiger partial charge is 0.273 e. The molecule has 0 aliphatic heterocycles. The molecule has 0 spiro atoms. The molecular weight excluding hydrogens is 318 g/mol. The summed E-state index contributed by atoms with van der Waals surface area (Å²) in [5.74, 6) is -0.643. The molecule has 0 aromatic heterocycles. The fourth-order valence-corrected chi connectivity index (χ4v) is 4.03. The van der Waals surface area contributed by atoms with Crippen molar-refractivity contribution in [3.63, 3.8) is 0 Å². The van der Waals surface area contributed by atoms with Crippen molar-refractivity contribution in [3.05, 3.63) is 45.5 Å².